The molecule has 3 aromatic rings. The fourth-order valence-electron chi connectivity index (χ4n) is 3.99. The zero-order chi connectivity index (χ0) is 21.9. The van der Waals surface area contributed by atoms with Crippen LogP contribution in [0.1, 0.15) is 40.8 Å². The predicted octanol–water partition coefficient (Wildman–Crippen LogP) is 4.92. The van der Waals surface area contributed by atoms with Crippen molar-refractivity contribution in [3.05, 3.63) is 101 Å². The molecule has 1 N–H and O–H groups in total. The fourth-order valence-corrected chi connectivity index (χ4v) is 6.03. The van der Waals surface area contributed by atoms with E-state index in [9.17, 15) is 13.5 Å². The molecule has 4 nitrogen and oxygen atoms in total. The standard InChI is InChI=1S/C25H29NO3S/c1-18-15-19(2)25(20(3)16-18)30(28,29)26(17-22-11-7-5-8-12-22)21(4)24(27)23-13-9-6-10-14-23/h5-16,21,24,27H,17H2,1-4H3/t21-,24-/m0/s1. The molecule has 2 atom stereocenters. The van der Waals surface area contributed by atoms with E-state index in [0.717, 1.165) is 11.1 Å². The molecule has 0 saturated heterocycles. The van der Waals surface area contributed by atoms with Crippen LogP contribution in [0.5, 0.6) is 0 Å². The van der Waals surface area contributed by atoms with Gasteiger partial charge >= 0.3 is 0 Å². The van der Waals surface area contributed by atoms with Gasteiger partial charge in [0.2, 0.25) is 10.0 Å². The molecule has 0 fully saturated rings. The molecular formula is C25H29NO3S. The molecule has 0 amide bonds. The second-order valence-electron chi connectivity index (χ2n) is 7.86. The van der Waals surface area contributed by atoms with Gasteiger partial charge in [-0.25, -0.2) is 8.42 Å². The molecule has 0 unspecified atom stereocenters. The van der Waals surface area contributed by atoms with Gasteiger partial charge in [0.1, 0.15) is 0 Å². The van der Waals surface area contributed by atoms with Gasteiger partial charge < -0.3 is 5.11 Å². The van der Waals surface area contributed by atoms with Crippen molar-refractivity contribution in [2.24, 2.45) is 0 Å². The summed E-state index contributed by atoms with van der Waals surface area (Å²) in [7, 11) is -3.86. The molecule has 0 aliphatic rings. The average Bonchev–Trinajstić information content (AvgIpc) is 2.71. The van der Waals surface area contributed by atoms with E-state index in [1.54, 1.807) is 6.92 Å². The maximum Gasteiger partial charge on any atom is 0.244 e. The molecule has 0 aliphatic heterocycles. The van der Waals surface area contributed by atoms with E-state index >= 15 is 0 Å². The van der Waals surface area contributed by atoms with Crippen molar-refractivity contribution in [2.45, 2.75) is 51.3 Å². The summed E-state index contributed by atoms with van der Waals surface area (Å²) in [6.07, 6.45) is -0.948. The third-order valence-corrected chi connectivity index (χ3v) is 7.64. The number of aliphatic hydroxyl groups is 1. The highest BCUT2D eigenvalue weighted by Crippen LogP contribution is 2.31. The third kappa shape index (κ3) is 4.64. The molecule has 3 aromatic carbocycles. The summed E-state index contributed by atoms with van der Waals surface area (Å²) in [4.78, 5) is 0.316. The number of sulfonamides is 1. The van der Waals surface area contributed by atoms with Gasteiger partial charge in [0.15, 0.2) is 0 Å². The monoisotopic (exact) mass is 423 g/mol. The molecule has 3 rings (SSSR count). The lowest BCUT2D eigenvalue weighted by molar-refractivity contribution is 0.0960. The Balaban J connectivity index is 2.09. The van der Waals surface area contributed by atoms with Gasteiger partial charge in [-0.2, -0.15) is 4.31 Å². The lowest BCUT2D eigenvalue weighted by Gasteiger charge is -2.33. The number of hydrogen-bond donors (Lipinski definition) is 1. The molecule has 30 heavy (non-hydrogen) atoms. The van der Waals surface area contributed by atoms with Crippen LogP contribution in [0.4, 0.5) is 0 Å². The Bertz CT molecular complexity index is 1070. The molecule has 158 valence electrons. The quantitative estimate of drug-likeness (QED) is 0.586. The molecule has 0 aliphatic carbocycles. The summed E-state index contributed by atoms with van der Waals surface area (Å²) in [5.74, 6) is 0. The number of nitrogens with zero attached hydrogens (tertiary/aromatic N) is 1. The van der Waals surface area contributed by atoms with E-state index in [2.05, 4.69) is 0 Å². The number of aliphatic hydroxyl groups excluding tert-OH is 1. The van der Waals surface area contributed by atoms with Crippen LogP contribution in [-0.2, 0) is 16.6 Å². The van der Waals surface area contributed by atoms with Crippen LogP contribution in [0.2, 0.25) is 0 Å². The minimum atomic E-state index is -3.86. The SMILES string of the molecule is Cc1cc(C)c(S(=O)(=O)N(Cc2ccccc2)[C@@H](C)[C@H](O)c2ccccc2)c(C)c1. The van der Waals surface area contributed by atoms with Crippen molar-refractivity contribution in [3.63, 3.8) is 0 Å². The first-order chi connectivity index (χ1) is 14.2. The summed E-state index contributed by atoms with van der Waals surface area (Å²) in [5.41, 5.74) is 4.01. The van der Waals surface area contributed by atoms with E-state index in [-0.39, 0.29) is 6.54 Å². The first-order valence-corrected chi connectivity index (χ1v) is 11.5. The molecule has 0 spiro atoms. The zero-order valence-corrected chi connectivity index (χ0v) is 18.7. The molecule has 0 bridgehead atoms. The van der Waals surface area contributed by atoms with Crippen LogP contribution < -0.4 is 0 Å². The largest absolute Gasteiger partial charge is 0.387 e. The van der Waals surface area contributed by atoms with Gasteiger partial charge in [-0.05, 0) is 49.9 Å². The van der Waals surface area contributed by atoms with E-state index in [4.69, 9.17) is 0 Å². The Morgan fingerprint density at radius 2 is 1.37 bits per heavy atom. The number of benzene rings is 3. The van der Waals surface area contributed by atoms with Gasteiger partial charge in [0.25, 0.3) is 0 Å². The van der Waals surface area contributed by atoms with Crippen LogP contribution in [0.25, 0.3) is 0 Å². The van der Waals surface area contributed by atoms with Crippen LogP contribution in [-0.4, -0.2) is 23.9 Å². The Kier molecular flexibility index (Phi) is 6.76. The van der Waals surface area contributed by atoms with Gasteiger partial charge in [-0.15, -0.1) is 0 Å². The Hall–Kier alpha value is -2.47. The van der Waals surface area contributed by atoms with Crippen molar-refractivity contribution in [2.75, 3.05) is 0 Å². The number of aryl methyl sites for hydroxylation is 3. The van der Waals surface area contributed by atoms with Gasteiger partial charge in [-0.1, -0.05) is 78.4 Å². The maximum atomic E-state index is 13.9. The van der Waals surface area contributed by atoms with Crippen molar-refractivity contribution < 1.29 is 13.5 Å². The highest BCUT2D eigenvalue weighted by molar-refractivity contribution is 7.89. The molecule has 0 heterocycles. The fraction of sp³-hybridized carbons (Fsp3) is 0.280. The van der Waals surface area contributed by atoms with E-state index in [0.29, 0.717) is 21.6 Å². The molecule has 0 radical (unpaired) electrons. The maximum absolute atomic E-state index is 13.9. The topological polar surface area (TPSA) is 57.6 Å². The van der Waals surface area contributed by atoms with Crippen LogP contribution >= 0.6 is 0 Å². The van der Waals surface area contributed by atoms with Crippen molar-refractivity contribution >= 4 is 10.0 Å². The minimum Gasteiger partial charge on any atom is -0.387 e. The normalized spacial score (nSPS) is 13.9. The Morgan fingerprint density at radius 3 is 1.90 bits per heavy atom. The first kappa shape index (κ1) is 22.2. The van der Waals surface area contributed by atoms with Crippen LogP contribution in [0, 0.1) is 20.8 Å². The second-order valence-corrected chi connectivity index (χ2v) is 9.69. The highest BCUT2D eigenvalue weighted by Gasteiger charge is 2.35. The van der Waals surface area contributed by atoms with Crippen LogP contribution in [0.15, 0.2) is 77.7 Å². The lowest BCUT2D eigenvalue weighted by atomic mass is 10.0. The average molecular weight is 424 g/mol. The van der Waals surface area contributed by atoms with Crippen molar-refractivity contribution in [1.29, 1.82) is 0 Å². The second kappa shape index (κ2) is 9.13. The van der Waals surface area contributed by atoms with E-state index in [1.165, 1.54) is 4.31 Å². The van der Waals surface area contributed by atoms with Gasteiger partial charge in [0.05, 0.1) is 17.0 Å². The number of rotatable bonds is 7. The summed E-state index contributed by atoms with van der Waals surface area (Å²) in [6.45, 7) is 7.55. The predicted molar refractivity (Wildman–Crippen MR) is 121 cm³/mol. The van der Waals surface area contributed by atoms with E-state index < -0.39 is 22.2 Å². The molecular weight excluding hydrogens is 394 g/mol. The highest BCUT2D eigenvalue weighted by atomic mass is 32.2. The van der Waals surface area contributed by atoms with Crippen molar-refractivity contribution in [3.8, 4) is 0 Å². The van der Waals surface area contributed by atoms with Gasteiger partial charge in [-0.3, -0.25) is 0 Å². The Labute approximate surface area is 179 Å². The van der Waals surface area contributed by atoms with Crippen molar-refractivity contribution in [1.82, 2.24) is 4.31 Å². The summed E-state index contributed by atoms with van der Waals surface area (Å²) < 4.78 is 29.2. The van der Waals surface area contributed by atoms with Crippen LogP contribution in [0.3, 0.4) is 0 Å². The minimum absolute atomic E-state index is 0.182. The summed E-state index contributed by atoms with van der Waals surface area (Å²) >= 11 is 0. The first-order valence-electron chi connectivity index (χ1n) is 10.1. The third-order valence-electron chi connectivity index (χ3n) is 5.40. The molecule has 0 saturated carbocycles. The zero-order valence-electron chi connectivity index (χ0n) is 17.9. The molecule has 5 heteroatoms. The number of hydrogen-bond acceptors (Lipinski definition) is 3. The summed E-state index contributed by atoms with van der Waals surface area (Å²) in [6, 6.07) is 21.8. The summed E-state index contributed by atoms with van der Waals surface area (Å²) in [5, 5.41) is 11.0. The van der Waals surface area contributed by atoms with Gasteiger partial charge in [0, 0.05) is 6.54 Å². The smallest absolute Gasteiger partial charge is 0.244 e. The van der Waals surface area contributed by atoms with E-state index in [1.807, 2.05) is 93.6 Å². The molecule has 0 aromatic heterocycles. The Morgan fingerprint density at radius 1 is 0.867 bits per heavy atom. The lowest BCUT2D eigenvalue weighted by Crippen LogP contribution is -2.42.